The lowest BCUT2D eigenvalue weighted by Crippen LogP contribution is -2.66. The van der Waals surface area contributed by atoms with Crippen LogP contribution in [0.5, 0.6) is 0 Å². The molecule has 1 N–H and O–H groups in total. The molecule has 2 aliphatic rings. The summed E-state index contributed by atoms with van der Waals surface area (Å²) in [6.45, 7) is 8.68. The smallest absolute Gasteiger partial charge is 0.351 e. The summed E-state index contributed by atoms with van der Waals surface area (Å²) in [5.41, 5.74) is 2.58. The molecule has 5 rings (SSSR count). The van der Waals surface area contributed by atoms with Crippen molar-refractivity contribution in [2.24, 2.45) is 5.41 Å². The summed E-state index contributed by atoms with van der Waals surface area (Å²) in [5.74, 6) is 0.147. The zero-order chi connectivity index (χ0) is 24.6. The van der Waals surface area contributed by atoms with Crippen LogP contribution in [-0.2, 0) is 22.5 Å². The van der Waals surface area contributed by atoms with Crippen LogP contribution in [-0.4, -0.2) is 64.0 Å². The molecule has 3 aromatic rings. The molecule has 8 nitrogen and oxygen atoms in total. The van der Waals surface area contributed by atoms with Gasteiger partial charge in [-0.2, -0.15) is 4.68 Å². The van der Waals surface area contributed by atoms with Crippen molar-refractivity contribution in [1.29, 1.82) is 0 Å². The second kappa shape index (κ2) is 9.60. The molecule has 2 aliphatic heterocycles. The van der Waals surface area contributed by atoms with Gasteiger partial charge in [-0.3, -0.25) is 9.36 Å². The number of likely N-dealkylation sites (tertiary alicyclic amines) is 1. The molecule has 184 valence electrons. The van der Waals surface area contributed by atoms with Crippen LogP contribution in [0.2, 0.25) is 5.02 Å². The molecule has 1 amide bonds. The van der Waals surface area contributed by atoms with Crippen LogP contribution in [0.3, 0.4) is 0 Å². The van der Waals surface area contributed by atoms with E-state index in [9.17, 15) is 9.59 Å². The lowest BCUT2D eigenvalue weighted by Gasteiger charge is -2.55. The van der Waals surface area contributed by atoms with Crippen molar-refractivity contribution in [2.45, 2.75) is 32.9 Å². The third kappa shape index (κ3) is 5.05. The topological polar surface area (TPSA) is 81.4 Å². The second-order valence-electron chi connectivity index (χ2n) is 9.96. The summed E-state index contributed by atoms with van der Waals surface area (Å²) in [7, 11) is 0. The van der Waals surface area contributed by atoms with E-state index in [1.54, 1.807) is 18.2 Å². The van der Waals surface area contributed by atoms with Gasteiger partial charge in [0.05, 0.1) is 18.9 Å². The first-order chi connectivity index (χ1) is 16.8. The highest BCUT2D eigenvalue weighted by molar-refractivity contribution is 6.30. The van der Waals surface area contributed by atoms with Gasteiger partial charge in [0, 0.05) is 41.7 Å². The molecule has 3 heterocycles. The highest BCUT2D eigenvalue weighted by Gasteiger charge is 2.48. The Bertz CT molecular complexity index is 1270. The van der Waals surface area contributed by atoms with Crippen LogP contribution in [0.25, 0.3) is 17.1 Å². The van der Waals surface area contributed by atoms with Gasteiger partial charge in [-0.1, -0.05) is 35.9 Å². The molecule has 1 aromatic heterocycles. The van der Waals surface area contributed by atoms with E-state index < -0.39 is 0 Å². The number of nitrogens with one attached hydrogen (secondary N) is 1. The van der Waals surface area contributed by atoms with Gasteiger partial charge < -0.3 is 15.0 Å². The number of hydrogen-bond donors (Lipinski definition) is 1. The van der Waals surface area contributed by atoms with Crippen molar-refractivity contribution in [3.05, 3.63) is 69.6 Å². The molecule has 2 aromatic carbocycles. The average molecular weight is 496 g/mol. The van der Waals surface area contributed by atoms with Crippen LogP contribution >= 0.6 is 11.6 Å². The first-order valence-corrected chi connectivity index (χ1v) is 12.3. The van der Waals surface area contributed by atoms with Crippen LogP contribution < -0.4 is 11.0 Å². The molecule has 35 heavy (non-hydrogen) atoms. The fourth-order valence-corrected chi connectivity index (χ4v) is 4.97. The number of hydrogen-bond acceptors (Lipinski definition) is 5. The molecule has 9 heteroatoms. The van der Waals surface area contributed by atoms with Crippen LogP contribution in [0.15, 0.2) is 53.3 Å². The van der Waals surface area contributed by atoms with Crippen molar-refractivity contribution in [3.8, 4) is 17.1 Å². The number of ether oxygens (including phenoxy) is 1. The Labute approximate surface area is 209 Å². The standard InChI is InChI=1S/C26H30ClN5O3/c1-18(2)28-23(33)13-31-24(20-4-3-5-21(27)12-20)29-32(25(31)34)22-8-6-19(7-9-22)10-11-30-14-26(15-30)16-35-17-26/h3-9,12,18H,10-11,13-17H2,1-2H3,(H,28,33). The maximum Gasteiger partial charge on any atom is 0.351 e. The Morgan fingerprint density at radius 2 is 1.91 bits per heavy atom. The van der Waals surface area contributed by atoms with Crippen molar-refractivity contribution in [2.75, 3.05) is 32.8 Å². The molecule has 0 atom stereocenters. The van der Waals surface area contributed by atoms with Crippen LogP contribution in [0, 0.1) is 5.41 Å². The van der Waals surface area contributed by atoms with E-state index >= 15 is 0 Å². The second-order valence-corrected chi connectivity index (χ2v) is 10.4. The maximum atomic E-state index is 13.3. The van der Waals surface area contributed by atoms with E-state index in [0.29, 0.717) is 27.5 Å². The summed E-state index contributed by atoms with van der Waals surface area (Å²) in [4.78, 5) is 28.3. The van der Waals surface area contributed by atoms with Gasteiger partial charge in [-0.25, -0.2) is 4.79 Å². The van der Waals surface area contributed by atoms with E-state index in [-0.39, 0.29) is 24.2 Å². The Morgan fingerprint density at radius 3 is 2.54 bits per heavy atom. The maximum absolute atomic E-state index is 13.3. The fraction of sp³-hybridized carbons (Fsp3) is 0.423. The molecule has 2 saturated heterocycles. The molecule has 0 unspecified atom stereocenters. The van der Waals surface area contributed by atoms with Crippen molar-refractivity contribution in [1.82, 2.24) is 24.6 Å². The molecule has 0 radical (unpaired) electrons. The lowest BCUT2D eigenvalue weighted by atomic mass is 9.78. The van der Waals surface area contributed by atoms with Gasteiger partial charge >= 0.3 is 5.69 Å². The number of halogens is 1. The average Bonchev–Trinajstić information content (AvgIpc) is 3.07. The monoisotopic (exact) mass is 495 g/mol. The Kier molecular flexibility index (Phi) is 6.53. The predicted octanol–water partition coefficient (Wildman–Crippen LogP) is 2.75. The predicted molar refractivity (Wildman–Crippen MR) is 135 cm³/mol. The number of carbonyl (C=O) groups excluding carboxylic acids is 1. The van der Waals surface area contributed by atoms with Gasteiger partial charge in [-0.05, 0) is 50.1 Å². The molecular formula is C26H30ClN5O3. The SMILES string of the molecule is CC(C)NC(=O)Cn1c(-c2cccc(Cl)c2)nn(-c2ccc(CCN3CC4(COC4)C3)cc2)c1=O. The first kappa shape index (κ1) is 23.8. The summed E-state index contributed by atoms with van der Waals surface area (Å²) in [6.07, 6.45) is 0.948. The largest absolute Gasteiger partial charge is 0.380 e. The summed E-state index contributed by atoms with van der Waals surface area (Å²) in [5, 5.41) is 7.96. The molecule has 1 spiro atoms. The van der Waals surface area contributed by atoms with E-state index in [1.165, 1.54) is 14.8 Å². The van der Waals surface area contributed by atoms with E-state index in [2.05, 4.69) is 15.3 Å². The summed E-state index contributed by atoms with van der Waals surface area (Å²) in [6, 6.07) is 15.0. The Hall–Kier alpha value is -2.94. The number of amides is 1. The molecular weight excluding hydrogens is 466 g/mol. The molecule has 0 aliphatic carbocycles. The normalized spacial score (nSPS) is 16.8. The van der Waals surface area contributed by atoms with Gasteiger partial charge in [0.15, 0.2) is 5.82 Å². The van der Waals surface area contributed by atoms with Crippen molar-refractivity contribution >= 4 is 17.5 Å². The van der Waals surface area contributed by atoms with E-state index in [4.69, 9.17) is 16.3 Å². The van der Waals surface area contributed by atoms with Crippen molar-refractivity contribution in [3.63, 3.8) is 0 Å². The first-order valence-electron chi connectivity index (χ1n) is 12.0. The molecule has 0 bridgehead atoms. The third-order valence-electron chi connectivity index (χ3n) is 6.53. The van der Waals surface area contributed by atoms with Crippen LogP contribution in [0.1, 0.15) is 19.4 Å². The number of aromatic nitrogens is 3. The number of benzene rings is 2. The van der Waals surface area contributed by atoms with Crippen LogP contribution in [0.4, 0.5) is 0 Å². The Morgan fingerprint density at radius 1 is 1.17 bits per heavy atom. The quantitative estimate of drug-likeness (QED) is 0.519. The fourth-order valence-electron chi connectivity index (χ4n) is 4.78. The number of nitrogens with zero attached hydrogens (tertiary/aromatic N) is 4. The molecule has 2 fully saturated rings. The van der Waals surface area contributed by atoms with Crippen molar-refractivity contribution < 1.29 is 9.53 Å². The lowest BCUT2D eigenvalue weighted by molar-refractivity contribution is -0.188. The highest BCUT2D eigenvalue weighted by atomic mass is 35.5. The van der Waals surface area contributed by atoms with E-state index in [0.717, 1.165) is 39.3 Å². The minimum atomic E-state index is -0.375. The third-order valence-corrected chi connectivity index (χ3v) is 6.76. The Balaban J connectivity index is 1.36. The minimum Gasteiger partial charge on any atom is -0.380 e. The summed E-state index contributed by atoms with van der Waals surface area (Å²) >= 11 is 6.19. The summed E-state index contributed by atoms with van der Waals surface area (Å²) < 4.78 is 8.08. The zero-order valence-corrected chi connectivity index (χ0v) is 20.8. The van der Waals surface area contributed by atoms with Gasteiger partial charge in [0.1, 0.15) is 6.54 Å². The number of rotatable bonds is 8. The molecule has 0 saturated carbocycles. The van der Waals surface area contributed by atoms with Gasteiger partial charge in [0.2, 0.25) is 5.91 Å². The van der Waals surface area contributed by atoms with Gasteiger partial charge in [0.25, 0.3) is 0 Å². The van der Waals surface area contributed by atoms with Gasteiger partial charge in [-0.15, -0.1) is 5.10 Å². The number of carbonyl (C=O) groups is 1. The highest BCUT2D eigenvalue weighted by Crippen LogP contribution is 2.37. The zero-order valence-electron chi connectivity index (χ0n) is 20.0. The minimum absolute atomic E-state index is 0.0285. The van der Waals surface area contributed by atoms with E-state index in [1.807, 2.05) is 44.2 Å².